The van der Waals surface area contributed by atoms with Gasteiger partial charge < -0.3 is 19.3 Å². The molecule has 2 aromatic rings. The van der Waals surface area contributed by atoms with Gasteiger partial charge in [0.25, 0.3) is 0 Å². The third kappa shape index (κ3) is 9.28. The van der Waals surface area contributed by atoms with Crippen molar-refractivity contribution >= 4 is 0 Å². The molecule has 40 heavy (non-hydrogen) atoms. The molecule has 3 heterocycles. The van der Waals surface area contributed by atoms with Gasteiger partial charge in [0.15, 0.2) is 0 Å². The van der Waals surface area contributed by atoms with Crippen LogP contribution in [0, 0.1) is 5.92 Å². The van der Waals surface area contributed by atoms with Gasteiger partial charge in [0.1, 0.15) is 11.2 Å². The lowest BCUT2D eigenvalue weighted by Crippen LogP contribution is -2.50. The van der Waals surface area contributed by atoms with Crippen molar-refractivity contribution in [2.45, 2.75) is 65.0 Å². The zero-order chi connectivity index (χ0) is 28.9. The first-order chi connectivity index (χ1) is 19.5. The molecule has 2 aliphatic rings. The van der Waals surface area contributed by atoms with Crippen LogP contribution in [-0.4, -0.2) is 84.7 Å². The van der Waals surface area contributed by atoms with E-state index in [-0.39, 0.29) is 24.6 Å². The fraction of sp³-hybridized carbons (Fsp3) is 0.606. The molecular weight excluding hydrogens is 503 g/mol. The van der Waals surface area contributed by atoms with E-state index in [0.717, 1.165) is 77.4 Å². The molecule has 0 aliphatic carbocycles. The number of alkyl halides is 1. The van der Waals surface area contributed by atoms with E-state index in [1.807, 2.05) is 12.1 Å². The van der Waals surface area contributed by atoms with Gasteiger partial charge in [0, 0.05) is 57.3 Å². The fourth-order valence-electron chi connectivity index (χ4n) is 5.81. The first-order valence-electron chi connectivity index (χ1n) is 15.1. The Morgan fingerprint density at radius 2 is 1.80 bits per heavy atom. The van der Waals surface area contributed by atoms with Crippen molar-refractivity contribution in [2.75, 3.05) is 59.2 Å². The predicted octanol–water partition coefficient (Wildman–Crippen LogP) is 5.40. The molecule has 1 N–H and O–H groups in total. The zero-order valence-corrected chi connectivity index (χ0v) is 25.0. The Hall–Kier alpha value is -2.48. The molecule has 0 bridgehead atoms. The van der Waals surface area contributed by atoms with Gasteiger partial charge in [-0.1, -0.05) is 19.4 Å². The van der Waals surface area contributed by atoms with E-state index in [9.17, 15) is 9.50 Å². The van der Waals surface area contributed by atoms with Crippen LogP contribution in [0.2, 0.25) is 0 Å². The number of benzene rings is 1. The van der Waals surface area contributed by atoms with Gasteiger partial charge in [-0.05, 0) is 80.6 Å². The molecule has 0 spiro atoms. The standard InChI is InChI=1S/C31H47FN4O2.C2H4/c1-4-36-13-11-27(19-31(36)33-24(2)21-35-22-26(20-32)23-35)25(3)30-10-9-29(37)18-28(30)8-6-5-7-12-34-14-16-38-17-15-34;1-2/h9-11,13,18-19,24-26,37H,4-8,12,14-17,20-23H2,1-3H3;1-2H2. The lowest BCUT2D eigenvalue weighted by atomic mass is 9.88. The van der Waals surface area contributed by atoms with Gasteiger partial charge in [-0.25, -0.2) is 0 Å². The minimum absolute atomic E-state index is 0.153. The number of nitrogens with zero attached hydrogens (tertiary/aromatic N) is 4. The lowest BCUT2D eigenvalue weighted by molar-refractivity contribution is 0.0371. The molecule has 2 saturated heterocycles. The Bertz CT molecular complexity index is 1090. The number of phenolic OH excluding ortho intramolecular Hbond substituents is 1. The molecule has 2 atom stereocenters. The Morgan fingerprint density at radius 3 is 2.50 bits per heavy atom. The quantitative estimate of drug-likeness (QED) is 0.266. The van der Waals surface area contributed by atoms with Crippen LogP contribution in [0.5, 0.6) is 5.75 Å². The SMILES string of the molecule is C=C.CCn1ccc(C(C)c2ccc(O)cc2CCCCCN2CCOCC2)cc1=NC(C)CN1CC(CF)C1. The number of aromatic nitrogens is 1. The zero-order valence-electron chi connectivity index (χ0n) is 25.0. The lowest BCUT2D eigenvalue weighted by Gasteiger charge is -2.38. The Labute approximate surface area is 241 Å². The summed E-state index contributed by atoms with van der Waals surface area (Å²) in [5.41, 5.74) is 4.75. The summed E-state index contributed by atoms with van der Waals surface area (Å²) in [5, 5.41) is 10.2. The summed E-state index contributed by atoms with van der Waals surface area (Å²) in [5.74, 6) is 0.748. The van der Waals surface area contributed by atoms with Crippen LogP contribution in [0.1, 0.15) is 62.6 Å². The summed E-state index contributed by atoms with van der Waals surface area (Å²) in [4.78, 5) is 9.85. The Balaban J connectivity index is 0.00000216. The summed E-state index contributed by atoms with van der Waals surface area (Å²) < 4.78 is 20.5. The van der Waals surface area contributed by atoms with Gasteiger partial charge in [0.05, 0.1) is 25.9 Å². The second-order valence-electron chi connectivity index (χ2n) is 11.2. The molecule has 0 radical (unpaired) electrons. The number of halogens is 1. The molecule has 1 aromatic carbocycles. The van der Waals surface area contributed by atoms with Gasteiger partial charge in [-0.2, -0.15) is 0 Å². The number of ether oxygens (including phenoxy) is 1. The van der Waals surface area contributed by atoms with Crippen molar-refractivity contribution in [3.05, 3.63) is 71.9 Å². The summed E-state index contributed by atoms with van der Waals surface area (Å²) in [6.45, 7) is 20.7. The summed E-state index contributed by atoms with van der Waals surface area (Å²) in [6, 6.07) is 10.4. The number of aromatic hydroxyl groups is 1. The summed E-state index contributed by atoms with van der Waals surface area (Å²) in [7, 11) is 0. The molecule has 222 valence electrons. The number of hydrogen-bond donors (Lipinski definition) is 1. The third-order valence-corrected chi connectivity index (χ3v) is 8.12. The molecule has 2 aliphatic heterocycles. The third-order valence-electron chi connectivity index (χ3n) is 8.12. The molecule has 1 aromatic heterocycles. The van der Waals surface area contributed by atoms with E-state index < -0.39 is 0 Å². The highest BCUT2D eigenvalue weighted by atomic mass is 19.1. The molecule has 0 saturated carbocycles. The first-order valence-corrected chi connectivity index (χ1v) is 15.1. The van der Waals surface area contributed by atoms with Crippen LogP contribution >= 0.6 is 0 Å². The molecular formula is C33H51FN4O2. The number of morpholine rings is 1. The molecule has 4 rings (SSSR count). The number of aryl methyl sites for hydroxylation is 2. The first kappa shape index (κ1) is 32.0. The maximum absolute atomic E-state index is 12.8. The largest absolute Gasteiger partial charge is 0.508 e. The number of pyridine rings is 1. The molecule has 6 nitrogen and oxygen atoms in total. The highest BCUT2D eigenvalue weighted by molar-refractivity contribution is 5.41. The average molecular weight is 555 g/mol. The van der Waals surface area contributed by atoms with E-state index in [4.69, 9.17) is 9.73 Å². The van der Waals surface area contributed by atoms with Crippen molar-refractivity contribution in [3.8, 4) is 5.75 Å². The predicted molar refractivity (Wildman–Crippen MR) is 163 cm³/mol. The van der Waals surface area contributed by atoms with Crippen molar-refractivity contribution in [1.29, 1.82) is 0 Å². The van der Waals surface area contributed by atoms with Gasteiger partial charge in [-0.3, -0.25) is 14.3 Å². The number of rotatable bonds is 13. The number of hydrogen-bond acceptors (Lipinski definition) is 5. The smallest absolute Gasteiger partial charge is 0.128 e. The minimum atomic E-state index is -0.217. The second kappa shape index (κ2) is 16.7. The second-order valence-corrected chi connectivity index (χ2v) is 11.2. The Morgan fingerprint density at radius 1 is 1.05 bits per heavy atom. The summed E-state index contributed by atoms with van der Waals surface area (Å²) >= 11 is 0. The van der Waals surface area contributed by atoms with Crippen molar-refractivity contribution < 1.29 is 14.2 Å². The van der Waals surface area contributed by atoms with Gasteiger partial charge >= 0.3 is 0 Å². The van der Waals surface area contributed by atoms with Crippen LogP contribution in [0.15, 0.2) is 54.7 Å². The Kier molecular flexibility index (Phi) is 13.4. The van der Waals surface area contributed by atoms with E-state index in [2.05, 4.69) is 72.7 Å². The van der Waals surface area contributed by atoms with Crippen molar-refractivity contribution in [3.63, 3.8) is 0 Å². The van der Waals surface area contributed by atoms with Crippen LogP contribution in [0.3, 0.4) is 0 Å². The molecule has 7 heteroatoms. The summed E-state index contributed by atoms with van der Waals surface area (Å²) in [6.07, 6.45) is 6.63. The average Bonchev–Trinajstić information content (AvgIpc) is 2.96. The monoisotopic (exact) mass is 554 g/mol. The fourth-order valence-corrected chi connectivity index (χ4v) is 5.81. The molecule has 0 amide bonds. The maximum atomic E-state index is 12.8. The highest BCUT2D eigenvalue weighted by Crippen LogP contribution is 2.30. The van der Waals surface area contributed by atoms with E-state index in [1.165, 1.54) is 29.5 Å². The topological polar surface area (TPSA) is 53.2 Å². The normalized spacial score (nSPS) is 18.6. The van der Waals surface area contributed by atoms with Crippen molar-refractivity contribution in [1.82, 2.24) is 14.4 Å². The van der Waals surface area contributed by atoms with Crippen LogP contribution in [-0.2, 0) is 17.7 Å². The number of phenols is 1. The van der Waals surface area contributed by atoms with Gasteiger partial charge in [-0.15, -0.1) is 13.2 Å². The maximum Gasteiger partial charge on any atom is 0.128 e. The van der Waals surface area contributed by atoms with Crippen LogP contribution < -0.4 is 5.49 Å². The molecule has 2 unspecified atom stereocenters. The minimum Gasteiger partial charge on any atom is -0.508 e. The van der Waals surface area contributed by atoms with E-state index >= 15 is 0 Å². The van der Waals surface area contributed by atoms with Crippen LogP contribution in [0.25, 0.3) is 0 Å². The number of unbranched alkanes of at least 4 members (excludes halogenated alkanes) is 2. The highest BCUT2D eigenvalue weighted by Gasteiger charge is 2.27. The number of likely N-dealkylation sites (tertiary alicyclic amines) is 1. The van der Waals surface area contributed by atoms with E-state index in [0.29, 0.717) is 5.75 Å². The van der Waals surface area contributed by atoms with Crippen LogP contribution in [0.4, 0.5) is 4.39 Å². The van der Waals surface area contributed by atoms with E-state index in [1.54, 1.807) is 0 Å². The van der Waals surface area contributed by atoms with Gasteiger partial charge in [0.2, 0.25) is 0 Å². The van der Waals surface area contributed by atoms with Crippen molar-refractivity contribution in [2.24, 2.45) is 10.9 Å². The molecule has 2 fully saturated rings.